The van der Waals surface area contributed by atoms with E-state index in [0.29, 0.717) is 30.5 Å². The highest BCUT2D eigenvalue weighted by Gasteiger charge is 2.12. The number of rotatable bonds is 8. The minimum atomic E-state index is -0.00413. The third-order valence-electron chi connectivity index (χ3n) is 2.61. The number of nitrogens with two attached hydrogens (primary N) is 1. The molecule has 0 aliphatic heterocycles. The third kappa shape index (κ3) is 4.98. The number of nitrogens with one attached hydrogen (secondary N) is 2. The molecule has 5 N–H and O–H groups in total. The van der Waals surface area contributed by atoms with Crippen molar-refractivity contribution in [3.8, 4) is 0 Å². The third-order valence-corrected chi connectivity index (χ3v) is 2.61. The maximum absolute atomic E-state index is 9.02. The average molecular weight is 269 g/mol. The van der Waals surface area contributed by atoms with E-state index in [-0.39, 0.29) is 18.6 Å². The van der Waals surface area contributed by atoms with Gasteiger partial charge in [-0.2, -0.15) is 0 Å². The van der Waals surface area contributed by atoms with Gasteiger partial charge in [0.2, 0.25) is 0 Å². The van der Waals surface area contributed by atoms with E-state index in [2.05, 4.69) is 20.7 Å². The van der Waals surface area contributed by atoms with Crippen molar-refractivity contribution in [3.63, 3.8) is 0 Å². The highest BCUT2D eigenvalue weighted by Crippen LogP contribution is 2.17. The standard InChI is InChI=1S/C12H23N5O2/c1-8(2)12-15-10(6-11(16-12)17-13)14-9(4-5-18)7-19-3/h6,8-9,18H,4-5,7,13H2,1-3H3,(H2,14,15,16,17). The molecule has 1 heterocycles. The molecule has 0 aliphatic carbocycles. The van der Waals surface area contributed by atoms with Crippen LogP contribution in [-0.2, 0) is 4.74 Å². The number of hydrogen-bond donors (Lipinski definition) is 4. The molecule has 0 saturated heterocycles. The van der Waals surface area contributed by atoms with Gasteiger partial charge in [-0.1, -0.05) is 13.8 Å². The highest BCUT2D eigenvalue weighted by atomic mass is 16.5. The number of nitrogen functional groups attached to an aromatic ring is 1. The highest BCUT2D eigenvalue weighted by molar-refractivity contribution is 5.47. The first-order valence-electron chi connectivity index (χ1n) is 6.32. The van der Waals surface area contributed by atoms with Crippen LogP contribution < -0.4 is 16.6 Å². The van der Waals surface area contributed by atoms with Gasteiger partial charge < -0.3 is 20.6 Å². The van der Waals surface area contributed by atoms with Crippen molar-refractivity contribution in [1.29, 1.82) is 0 Å². The van der Waals surface area contributed by atoms with Crippen LogP contribution in [0.5, 0.6) is 0 Å². The predicted octanol–water partition coefficient (Wildman–Crippen LogP) is 0.695. The van der Waals surface area contributed by atoms with Gasteiger partial charge in [0.15, 0.2) is 0 Å². The Kier molecular flexibility index (Phi) is 6.48. The number of aliphatic hydroxyl groups excluding tert-OH is 1. The lowest BCUT2D eigenvalue weighted by atomic mass is 10.2. The van der Waals surface area contributed by atoms with Gasteiger partial charge in [0.05, 0.1) is 12.6 Å². The zero-order chi connectivity index (χ0) is 14.3. The molecule has 7 heteroatoms. The van der Waals surface area contributed by atoms with Crippen molar-refractivity contribution in [2.75, 3.05) is 31.1 Å². The Bertz CT molecular complexity index is 380. The number of hydrogen-bond acceptors (Lipinski definition) is 7. The smallest absolute Gasteiger partial charge is 0.145 e. The zero-order valence-electron chi connectivity index (χ0n) is 11.7. The molecule has 7 nitrogen and oxygen atoms in total. The van der Waals surface area contributed by atoms with E-state index in [9.17, 15) is 0 Å². The van der Waals surface area contributed by atoms with Gasteiger partial charge in [0, 0.05) is 25.7 Å². The van der Waals surface area contributed by atoms with Gasteiger partial charge >= 0.3 is 0 Å². The first-order valence-corrected chi connectivity index (χ1v) is 6.32. The number of nitrogens with zero attached hydrogens (tertiary/aromatic N) is 2. The first-order chi connectivity index (χ1) is 9.10. The van der Waals surface area contributed by atoms with E-state index in [1.54, 1.807) is 13.2 Å². The fourth-order valence-corrected chi connectivity index (χ4v) is 1.64. The van der Waals surface area contributed by atoms with E-state index >= 15 is 0 Å². The molecule has 0 saturated carbocycles. The average Bonchev–Trinajstić information content (AvgIpc) is 2.38. The number of aromatic nitrogens is 2. The van der Waals surface area contributed by atoms with E-state index in [4.69, 9.17) is 15.7 Å². The second kappa shape index (κ2) is 7.88. The predicted molar refractivity (Wildman–Crippen MR) is 74.9 cm³/mol. The molecule has 1 aromatic heterocycles. The van der Waals surface area contributed by atoms with Crippen LogP contribution in [0.1, 0.15) is 32.0 Å². The number of hydrazine groups is 1. The largest absolute Gasteiger partial charge is 0.396 e. The Balaban J connectivity index is 2.88. The van der Waals surface area contributed by atoms with Crippen molar-refractivity contribution < 1.29 is 9.84 Å². The molecule has 1 rings (SSSR count). The number of methoxy groups -OCH3 is 1. The van der Waals surface area contributed by atoms with E-state index in [1.165, 1.54) is 0 Å². The van der Waals surface area contributed by atoms with E-state index in [0.717, 1.165) is 0 Å². The Labute approximate surface area is 113 Å². The molecular weight excluding hydrogens is 246 g/mol. The molecule has 0 amide bonds. The Morgan fingerprint density at radius 1 is 1.37 bits per heavy atom. The molecule has 1 unspecified atom stereocenters. The van der Waals surface area contributed by atoms with Gasteiger partial charge in [0.25, 0.3) is 0 Å². The van der Waals surface area contributed by atoms with Crippen molar-refractivity contribution >= 4 is 11.6 Å². The lowest BCUT2D eigenvalue weighted by Gasteiger charge is -2.18. The summed E-state index contributed by atoms with van der Waals surface area (Å²) in [6.45, 7) is 4.61. The maximum atomic E-state index is 9.02. The Morgan fingerprint density at radius 2 is 2.05 bits per heavy atom. The van der Waals surface area contributed by atoms with Gasteiger partial charge in [-0.15, -0.1) is 0 Å². The molecule has 1 atom stereocenters. The molecule has 0 aromatic carbocycles. The van der Waals surface area contributed by atoms with Crippen LogP contribution in [0, 0.1) is 0 Å². The minimum Gasteiger partial charge on any atom is -0.396 e. The topological polar surface area (TPSA) is 105 Å². The van der Waals surface area contributed by atoms with Crippen LogP contribution >= 0.6 is 0 Å². The molecule has 0 radical (unpaired) electrons. The van der Waals surface area contributed by atoms with Crippen LogP contribution in [0.25, 0.3) is 0 Å². The van der Waals surface area contributed by atoms with Gasteiger partial charge in [-0.3, -0.25) is 0 Å². The minimum absolute atomic E-state index is 0.00413. The van der Waals surface area contributed by atoms with Crippen LogP contribution in [0.15, 0.2) is 6.07 Å². The monoisotopic (exact) mass is 269 g/mol. The summed E-state index contributed by atoms with van der Waals surface area (Å²) < 4.78 is 5.11. The summed E-state index contributed by atoms with van der Waals surface area (Å²) in [4.78, 5) is 8.71. The summed E-state index contributed by atoms with van der Waals surface area (Å²) in [5, 5.41) is 12.2. The molecule has 0 bridgehead atoms. The van der Waals surface area contributed by atoms with Crippen LogP contribution in [0.3, 0.4) is 0 Å². The summed E-state index contributed by atoms with van der Waals surface area (Å²) in [5.74, 6) is 7.54. The van der Waals surface area contributed by atoms with Crippen molar-refractivity contribution in [3.05, 3.63) is 11.9 Å². The number of anilines is 2. The molecule has 0 spiro atoms. The lowest BCUT2D eigenvalue weighted by Crippen LogP contribution is -2.27. The second-order valence-corrected chi connectivity index (χ2v) is 4.60. The molecule has 1 aromatic rings. The van der Waals surface area contributed by atoms with Gasteiger partial charge in [-0.05, 0) is 6.42 Å². The molecule has 0 fully saturated rings. The Morgan fingerprint density at radius 3 is 2.58 bits per heavy atom. The van der Waals surface area contributed by atoms with Gasteiger partial charge in [-0.25, -0.2) is 15.8 Å². The van der Waals surface area contributed by atoms with E-state index < -0.39 is 0 Å². The molecular formula is C12H23N5O2. The van der Waals surface area contributed by atoms with Crippen LogP contribution in [0.2, 0.25) is 0 Å². The molecule has 0 aliphatic rings. The van der Waals surface area contributed by atoms with Gasteiger partial charge in [0.1, 0.15) is 17.5 Å². The number of ether oxygens (including phenoxy) is 1. The summed E-state index contributed by atoms with van der Waals surface area (Å²) in [5.41, 5.74) is 2.53. The summed E-state index contributed by atoms with van der Waals surface area (Å²) in [6.07, 6.45) is 0.584. The summed E-state index contributed by atoms with van der Waals surface area (Å²) in [7, 11) is 1.62. The molecule has 108 valence electrons. The fraction of sp³-hybridized carbons (Fsp3) is 0.667. The van der Waals surface area contributed by atoms with Crippen molar-refractivity contribution in [1.82, 2.24) is 9.97 Å². The maximum Gasteiger partial charge on any atom is 0.145 e. The zero-order valence-corrected chi connectivity index (χ0v) is 11.7. The first kappa shape index (κ1) is 15.6. The van der Waals surface area contributed by atoms with Crippen LogP contribution in [-0.4, -0.2) is 41.4 Å². The quantitative estimate of drug-likeness (QED) is 0.406. The summed E-state index contributed by atoms with van der Waals surface area (Å²) >= 11 is 0. The SMILES string of the molecule is COCC(CCO)Nc1cc(NN)nc(C(C)C)n1. The fourth-order valence-electron chi connectivity index (χ4n) is 1.64. The normalized spacial score (nSPS) is 12.5. The molecule has 19 heavy (non-hydrogen) atoms. The number of aliphatic hydroxyl groups is 1. The summed E-state index contributed by atoms with van der Waals surface area (Å²) in [6, 6.07) is 1.72. The Hall–Kier alpha value is -1.44. The van der Waals surface area contributed by atoms with E-state index in [1.807, 2.05) is 13.8 Å². The van der Waals surface area contributed by atoms with Crippen LogP contribution in [0.4, 0.5) is 11.6 Å². The lowest BCUT2D eigenvalue weighted by molar-refractivity contribution is 0.170. The second-order valence-electron chi connectivity index (χ2n) is 4.60. The van der Waals surface area contributed by atoms with Crippen molar-refractivity contribution in [2.24, 2.45) is 5.84 Å². The van der Waals surface area contributed by atoms with Crippen molar-refractivity contribution in [2.45, 2.75) is 32.2 Å².